The smallest absolute Gasteiger partial charge is 0.387 e. The number of hydrogen-bond donors (Lipinski definition) is 2. The Morgan fingerprint density at radius 3 is 2.63 bits per heavy atom. The summed E-state index contributed by atoms with van der Waals surface area (Å²) < 4.78 is 28.6. The molecule has 1 amide bonds. The van der Waals surface area contributed by atoms with Crippen LogP contribution in [0.1, 0.15) is 12.0 Å². The van der Waals surface area contributed by atoms with Crippen LogP contribution in [-0.2, 0) is 16.0 Å². The van der Waals surface area contributed by atoms with Crippen molar-refractivity contribution >= 4 is 11.9 Å². The highest BCUT2D eigenvalue weighted by atomic mass is 19.3. The van der Waals surface area contributed by atoms with E-state index in [0.717, 1.165) is 0 Å². The second-order valence-corrected chi connectivity index (χ2v) is 3.66. The van der Waals surface area contributed by atoms with E-state index in [0.29, 0.717) is 5.56 Å². The van der Waals surface area contributed by atoms with Crippen LogP contribution < -0.4 is 10.1 Å². The van der Waals surface area contributed by atoms with Crippen molar-refractivity contribution in [2.45, 2.75) is 19.5 Å². The van der Waals surface area contributed by atoms with Gasteiger partial charge >= 0.3 is 12.6 Å². The van der Waals surface area contributed by atoms with Gasteiger partial charge in [0.05, 0.1) is 12.8 Å². The molecule has 0 heterocycles. The average Bonchev–Trinajstić information content (AvgIpc) is 2.30. The molecule has 0 fully saturated rings. The first-order valence-electron chi connectivity index (χ1n) is 5.50. The topological polar surface area (TPSA) is 75.6 Å². The number of amides is 1. The summed E-state index contributed by atoms with van der Waals surface area (Å²) in [7, 11) is 0. The van der Waals surface area contributed by atoms with Crippen molar-refractivity contribution in [1.29, 1.82) is 0 Å². The number of ether oxygens (including phenoxy) is 1. The first-order valence-corrected chi connectivity index (χ1v) is 5.50. The quantitative estimate of drug-likeness (QED) is 0.787. The molecule has 7 heteroatoms. The molecule has 5 nitrogen and oxygen atoms in total. The van der Waals surface area contributed by atoms with Gasteiger partial charge in [-0.1, -0.05) is 18.2 Å². The molecular formula is C12H13F2NO4. The van der Waals surface area contributed by atoms with Gasteiger partial charge in [0.25, 0.3) is 0 Å². The lowest BCUT2D eigenvalue weighted by Crippen LogP contribution is -2.27. The fourth-order valence-corrected chi connectivity index (χ4v) is 1.41. The zero-order valence-corrected chi connectivity index (χ0v) is 9.94. The lowest BCUT2D eigenvalue weighted by molar-refractivity contribution is -0.136. The Morgan fingerprint density at radius 1 is 1.32 bits per heavy atom. The van der Waals surface area contributed by atoms with Gasteiger partial charge in [0.1, 0.15) is 5.75 Å². The zero-order valence-electron chi connectivity index (χ0n) is 9.94. The van der Waals surface area contributed by atoms with E-state index >= 15 is 0 Å². The molecule has 19 heavy (non-hydrogen) atoms. The first-order chi connectivity index (χ1) is 8.99. The molecule has 0 saturated carbocycles. The fourth-order valence-electron chi connectivity index (χ4n) is 1.41. The maximum atomic E-state index is 12.1. The number of halogens is 2. The highest BCUT2D eigenvalue weighted by Crippen LogP contribution is 2.20. The van der Waals surface area contributed by atoms with Crippen LogP contribution in [0.4, 0.5) is 8.78 Å². The van der Waals surface area contributed by atoms with E-state index < -0.39 is 18.5 Å². The van der Waals surface area contributed by atoms with E-state index in [1.54, 1.807) is 6.07 Å². The third-order valence-corrected chi connectivity index (χ3v) is 2.20. The van der Waals surface area contributed by atoms with Gasteiger partial charge in [-0.15, -0.1) is 0 Å². The van der Waals surface area contributed by atoms with Crippen LogP contribution in [-0.4, -0.2) is 30.1 Å². The Kier molecular flexibility index (Phi) is 5.72. The Bertz CT molecular complexity index is 451. The molecule has 0 radical (unpaired) electrons. The molecular weight excluding hydrogens is 260 g/mol. The highest BCUT2D eigenvalue weighted by molar-refractivity contribution is 5.79. The number of para-hydroxylation sites is 1. The van der Waals surface area contributed by atoms with Crippen molar-refractivity contribution in [3.63, 3.8) is 0 Å². The Labute approximate surface area is 108 Å². The zero-order chi connectivity index (χ0) is 14.3. The van der Waals surface area contributed by atoms with E-state index in [1.165, 1.54) is 18.2 Å². The summed E-state index contributed by atoms with van der Waals surface area (Å²) in [6, 6.07) is 5.95. The van der Waals surface area contributed by atoms with Crippen molar-refractivity contribution in [3.8, 4) is 5.75 Å². The first kappa shape index (κ1) is 14.9. The summed E-state index contributed by atoms with van der Waals surface area (Å²) in [6.45, 7) is -2.97. The highest BCUT2D eigenvalue weighted by Gasteiger charge is 2.12. The number of hydrogen-bond acceptors (Lipinski definition) is 3. The summed E-state index contributed by atoms with van der Waals surface area (Å²) in [6.07, 6.45) is -0.344. The van der Waals surface area contributed by atoms with Crippen LogP contribution >= 0.6 is 0 Å². The van der Waals surface area contributed by atoms with E-state index in [-0.39, 0.29) is 25.1 Å². The molecule has 0 unspecified atom stereocenters. The van der Waals surface area contributed by atoms with E-state index in [1.807, 2.05) is 0 Å². The summed E-state index contributed by atoms with van der Waals surface area (Å²) in [5.74, 6) is -1.54. The van der Waals surface area contributed by atoms with Gasteiger partial charge in [-0.3, -0.25) is 9.59 Å². The third kappa shape index (κ3) is 5.80. The molecule has 0 bridgehead atoms. The Balaban J connectivity index is 2.56. The van der Waals surface area contributed by atoms with Crippen LogP contribution in [0.2, 0.25) is 0 Å². The summed E-state index contributed by atoms with van der Waals surface area (Å²) in [5.41, 5.74) is 0.315. The van der Waals surface area contributed by atoms with Gasteiger partial charge < -0.3 is 15.2 Å². The number of carboxylic acids is 1. The lowest BCUT2D eigenvalue weighted by Gasteiger charge is -2.10. The van der Waals surface area contributed by atoms with Gasteiger partial charge in [0.15, 0.2) is 0 Å². The average molecular weight is 273 g/mol. The molecule has 1 rings (SSSR count). The van der Waals surface area contributed by atoms with E-state index in [4.69, 9.17) is 5.11 Å². The number of aliphatic carboxylic acids is 1. The molecule has 104 valence electrons. The van der Waals surface area contributed by atoms with Gasteiger partial charge in [-0.25, -0.2) is 0 Å². The van der Waals surface area contributed by atoms with Crippen molar-refractivity contribution in [1.82, 2.24) is 5.32 Å². The van der Waals surface area contributed by atoms with Crippen LogP contribution in [0, 0.1) is 0 Å². The van der Waals surface area contributed by atoms with E-state index in [2.05, 4.69) is 10.1 Å². The number of rotatable bonds is 7. The molecule has 1 aromatic rings. The number of benzene rings is 1. The maximum Gasteiger partial charge on any atom is 0.387 e. The Hall–Kier alpha value is -2.18. The van der Waals surface area contributed by atoms with Gasteiger partial charge in [0.2, 0.25) is 5.91 Å². The number of carbonyl (C=O) groups excluding carboxylic acids is 1. The van der Waals surface area contributed by atoms with Crippen LogP contribution in [0.15, 0.2) is 24.3 Å². The molecule has 0 aromatic heterocycles. The molecule has 1 aromatic carbocycles. The molecule has 2 N–H and O–H groups in total. The van der Waals surface area contributed by atoms with E-state index in [9.17, 15) is 18.4 Å². The normalized spacial score (nSPS) is 10.3. The number of alkyl halides is 2. The lowest BCUT2D eigenvalue weighted by atomic mass is 10.1. The van der Waals surface area contributed by atoms with Crippen molar-refractivity contribution in [2.75, 3.05) is 6.54 Å². The molecule has 0 atom stereocenters. The fraction of sp³-hybridized carbons (Fsp3) is 0.333. The standard InChI is InChI=1S/C12H13F2NO4/c13-12(14)19-9-4-2-1-3-8(9)7-10(16)15-6-5-11(17)18/h1-4,12H,5-7H2,(H,15,16)(H,17,18). The molecule has 0 aliphatic carbocycles. The molecule has 0 aliphatic rings. The number of carbonyl (C=O) groups is 2. The minimum absolute atomic E-state index is 0.00790. The predicted octanol–water partition coefficient (Wildman–Crippen LogP) is 1.42. The number of carboxylic acid groups (broad SMARTS) is 1. The molecule has 0 spiro atoms. The van der Waals surface area contributed by atoms with Gasteiger partial charge in [-0.2, -0.15) is 8.78 Å². The number of nitrogens with one attached hydrogen (secondary N) is 1. The minimum atomic E-state index is -2.96. The summed E-state index contributed by atoms with van der Waals surface area (Å²) in [4.78, 5) is 21.7. The second-order valence-electron chi connectivity index (χ2n) is 3.66. The molecule has 0 saturated heterocycles. The van der Waals surface area contributed by atoms with Crippen molar-refractivity contribution < 1.29 is 28.2 Å². The van der Waals surface area contributed by atoms with Crippen LogP contribution in [0.25, 0.3) is 0 Å². The summed E-state index contributed by atoms with van der Waals surface area (Å²) in [5, 5.41) is 10.8. The van der Waals surface area contributed by atoms with Crippen molar-refractivity contribution in [2.24, 2.45) is 0 Å². The third-order valence-electron chi connectivity index (χ3n) is 2.20. The summed E-state index contributed by atoms with van der Waals surface area (Å²) >= 11 is 0. The van der Waals surface area contributed by atoms with Gasteiger partial charge in [-0.05, 0) is 6.07 Å². The predicted molar refractivity (Wildman–Crippen MR) is 62.0 cm³/mol. The van der Waals surface area contributed by atoms with Crippen LogP contribution in [0.3, 0.4) is 0 Å². The monoisotopic (exact) mass is 273 g/mol. The molecule has 0 aliphatic heterocycles. The minimum Gasteiger partial charge on any atom is -0.481 e. The Morgan fingerprint density at radius 2 is 2.00 bits per heavy atom. The van der Waals surface area contributed by atoms with Crippen molar-refractivity contribution in [3.05, 3.63) is 29.8 Å². The van der Waals surface area contributed by atoms with Gasteiger partial charge in [0, 0.05) is 12.1 Å². The van der Waals surface area contributed by atoms with Crippen LogP contribution in [0.5, 0.6) is 5.75 Å². The second kappa shape index (κ2) is 7.30. The largest absolute Gasteiger partial charge is 0.481 e. The SMILES string of the molecule is O=C(O)CCNC(=O)Cc1ccccc1OC(F)F. The maximum absolute atomic E-state index is 12.1.